The summed E-state index contributed by atoms with van der Waals surface area (Å²) in [7, 11) is 3.10. The van der Waals surface area contributed by atoms with Gasteiger partial charge in [0.15, 0.2) is 0 Å². The van der Waals surface area contributed by atoms with Crippen molar-refractivity contribution in [2.24, 2.45) is 0 Å². The summed E-state index contributed by atoms with van der Waals surface area (Å²) in [5, 5.41) is 6.06. The summed E-state index contributed by atoms with van der Waals surface area (Å²) in [6.07, 6.45) is 0. The summed E-state index contributed by atoms with van der Waals surface area (Å²) in [4.78, 5) is 24.4. The fraction of sp³-hybridized carbons (Fsp3) is 0.200. The van der Waals surface area contributed by atoms with E-state index < -0.39 is 5.97 Å². The molecule has 0 unspecified atom stereocenters. The summed E-state index contributed by atoms with van der Waals surface area (Å²) in [6.45, 7) is 1.68. The lowest BCUT2D eigenvalue weighted by molar-refractivity contribution is 0.0601. The molecule has 0 spiro atoms. The van der Waals surface area contributed by atoms with Gasteiger partial charge in [-0.15, -0.1) is 11.3 Å². The molecule has 0 saturated carbocycles. The van der Waals surface area contributed by atoms with Gasteiger partial charge in [0, 0.05) is 18.4 Å². The Balaban J connectivity index is 2.24. The first-order valence-corrected chi connectivity index (χ1v) is 7.36. The highest BCUT2D eigenvalue weighted by molar-refractivity contribution is 7.18. The number of hydrogen-bond acceptors (Lipinski definition) is 6. The normalized spacial score (nSPS) is 10.1. The van der Waals surface area contributed by atoms with Crippen LogP contribution < -0.4 is 16.4 Å². The first kappa shape index (κ1) is 15.8. The molecule has 22 heavy (non-hydrogen) atoms. The van der Waals surface area contributed by atoms with E-state index in [0.717, 1.165) is 17.0 Å². The Morgan fingerprint density at radius 2 is 1.77 bits per heavy atom. The van der Waals surface area contributed by atoms with Crippen molar-refractivity contribution in [1.82, 2.24) is 0 Å². The fourth-order valence-electron chi connectivity index (χ4n) is 2.02. The van der Waals surface area contributed by atoms with Crippen LogP contribution in [0.5, 0.6) is 0 Å². The van der Waals surface area contributed by atoms with Crippen molar-refractivity contribution in [3.8, 4) is 0 Å². The van der Waals surface area contributed by atoms with Gasteiger partial charge in [0.25, 0.3) is 5.91 Å². The molecule has 0 saturated heterocycles. The molecule has 7 heteroatoms. The molecule has 0 bridgehead atoms. The van der Waals surface area contributed by atoms with Crippen LogP contribution in [-0.4, -0.2) is 26.0 Å². The Bertz CT molecular complexity index is 708. The number of anilines is 3. The van der Waals surface area contributed by atoms with Crippen LogP contribution in [0.25, 0.3) is 0 Å². The summed E-state index contributed by atoms with van der Waals surface area (Å²) < 4.78 is 4.68. The smallest absolute Gasteiger partial charge is 0.341 e. The third-order valence-corrected chi connectivity index (χ3v) is 4.32. The Hall–Kier alpha value is -2.54. The molecule has 0 fully saturated rings. The van der Waals surface area contributed by atoms with Crippen LogP contribution in [0.1, 0.15) is 25.6 Å². The molecule has 1 heterocycles. The molecule has 6 nitrogen and oxygen atoms in total. The number of amides is 1. The number of nitrogens with two attached hydrogens (primary N) is 1. The zero-order valence-corrected chi connectivity index (χ0v) is 13.3. The lowest BCUT2D eigenvalue weighted by Gasteiger charge is -2.06. The van der Waals surface area contributed by atoms with Gasteiger partial charge < -0.3 is 21.1 Å². The minimum Gasteiger partial charge on any atom is -0.465 e. The van der Waals surface area contributed by atoms with Gasteiger partial charge in [-0.25, -0.2) is 4.79 Å². The maximum atomic E-state index is 12.3. The maximum Gasteiger partial charge on any atom is 0.341 e. The average molecular weight is 319 g/mol. The molecule has 1 aromatic heterocycles. The summed E-state index contributed by atoms with van der Waals surface area (Å²) in [5.41, 5.74) is 8.21. The van der Waals surface area contributed by atoms with Crippen molar-refractivity contribution in [3.05, 3.63) is 40.3 Å². The van der Waals surface area contributed by atoms with Crippen molar-refractivity contribution in [2.45, 2.75) is 6.92 Å². The molecule has 0 aliphatic carbocycles. The molecular weight excluding hydrogens is 302 g/mol. The van der Waals surface area contributed by atoms with E-state index >= 15 is 0 Å². The molecule has 0 aliphatic heterocycles. The zero-order valence-electron chi connectivity index (χ0n) is 12.5. The Morgan fingerprint density at radius 3 is 2.32 bits per heavy atom. The Labute approximate surface area is 132 Å². The van der Waals surface area contributed by atoms with Gasteiger partial charge in [-0.2, -0.15) is 0 Å². The van der Waals surface area contributed by atoms with Gasteiger partial charge in [-0.1, -0.05) is 0 Å². The first-order chi connectivity index (χ1) is 10.5. The SMILES string of the molecule is CNc1ccc(NC(=O)c2sc(N)c(C(=O)OC)c2C)cc1. The van der Waals surface area contributed by atoms with E-state index in [1.807, 2.05) is 19.2 Å². The van der Waals surface area contributed by atoms with Gasteiger partial charge in [-0.05, 0) is 36.8 Å². The van der Waals surface area contributed by atoms with E-state index in [1.165, 1.54) is 7.11 Å². The molecule has 1 amide bonds. The monoisotopic (exact) mass is 319 g/mol. The Kier molecular flexibility index (Phi) is 4.67. The highest BCUT2D eigenvalue weighted by Gasteiger charge is 2.23. The second-order valence-corrected chi connectivity index (χ2v) is 5.62. The highest BCUT2D eigenvalue weighted by atomic mass is 32.1. The number of nitrogen functional groups attached to an aromatic ring is 1. The number of thiophene rings is 1. The van der Waals surface area contributed by atoms with Gasteiger partial charge in [-0.3, -0.25) is 4.79 Å². The average Bonchev–Trinajstić information content (AvgIpc) is 2.82. The standard InChI is InChI=1S/C15H17N3O3S/c1-8-11(15(20)21-3)13(16)22-12(8)14(19)18-10-6-4-9(17-2)5-7-10/h4-7,17H,16H2,1-3H3,(H,18,19). The number of hydrogen-bond donors (Lipinski definition) is 3. The number of esters is 1. The molecule has 116 valence electrons. The minimum absolute atomic E-state index is 0.253. The molecule has 2 rings (SSSR count). The zero-order chi connectivity index (χ0) is 16.3. The summed E-state index contributed by atoms with van der Waals surface area (Å²) in [5.74, 6) is -0.842. The van der Waals surface area contributed by atoms with Gasteiger partial charge in [0.05, 0.1) is 17.6 Å². The predicted molar refractivity (Wildman–Crippen MR) is 88.7 cm³/mol. The van der Waals surface area contributed by atoms with Crippen molar-refractivity contribution >= 4 is 39.6 Å². The van der Waals surface area contributed by atoms with E-state index in [1.54, 1.807) is 19.1 Å². The number of nitrogens with one attached hydrogen (secondary N) is 2. The number of ether oxygens (including phenoxy) is 1. The lowest BCUT2D eigenvalue weighted by Crippen LogP contribution is -2.12. The molecule has 0 aliphatic rings. The van der Waals surface area contributed by atoms with E-state index in [4.69, 9.17) is 5.73 Å². The maximum absolute atomic E-state index is 12.3. The Morgan fingerprint density at radius 1 is 1.18 bits per heavy atom. The topological polar surface area (TPSA) is 93.5 Å². The van der Waals surface area contributed by atoms with Crippen LogP contribution >= 0.6 is 11.3 Å². The van der Waals surface area contributed by atoms with E-state index in [9.17, 15) is 9.59 Å². The summed E-state index contributed by atoms with van der Waals surface area (Å²) in [6, 6.07) is 7.28. The van der Waals surface area contributed by atoms with Crippen LogP contribution in [-0.2, 0) is 4.74 Å². The van der Waals surface area contributed by atoms with Crippen molar-refractivity contribution in [3.63, 3.8) is 0 Å². The van der Waals surface area contributed by atoms with Crippen LogP contribution in [0.15, 0.2) is 24.3 Å². The highest BCUT2D eigenvalue weighted by Crippen LogP contribution is 2.31. The lowest BCUT2D eigenvalue weighted by atomic mass is 10.1. The van der Waals surface area contributed by atoms with Crippen LogP contribution in [0.2, 0.25) is 0 Å². The molecular formula is C15H17N3O3S. The van der Waals surface area contributed by atoms with Crippen LogP contribution in [0.3, 0.4) is 0 Å². The van der Waals surface area contributed by atoms with Gasteiger partial charge in [0.2, 0.25) is 0 Å². The minimum atomic E-state index is -0.538. The number of benzene rings is 1. The second kappa shape index (κ2) is 6.48. The van der Waals surface area contributed by atoms with Crippen molar-refractivity contribution in [2.75, 3.05) is 30.5 Å². The van der Waals surface area contributed by atoms with Crippen molar-refractivity contribution < 1.29 is 14.3 Å². The third-order valence-electron chi connectivity index (χ3n) is 3.20. The predicted octanol–water partition coefficient (Wildman–Crippen LogP) is 2.72. The summed E-state index contributed by atoms with van der Waals surface area (Å²) >= 11 is 1.07. The number of carbonyl (C=O) groups is 2. The van der Waals surface area contributed by atoms with Gasteiger partial charge >= 0.3 is 5.97 Å². The van der Waals surface area contributed by atoms with E-state index in [2.05, 4.69) is 15.4 Å². The van der Waals surface area contributed by atoms with E-state index in [0.29, 0.717) is 16.1 Å². The fourth-order valence-corrected chi connectivity index (χ4v) is 2.97. The largest absolute Gasteiger partial charge is 0.465 e. The molecule has 1 aromatic carbocycles. The van der Waals surface area contributed by atoms with Gasteiger partial charge in [0.1, 0.15) is 5.00 Å². The third kappa shape index (κ3) is 3.04. The quantitative estimate of drug-likeness (QED) is 0.753. The number of methoxy groups -OCH3 is 1. The second-order valence-electron chi connectivity index (χ2n) is 4.57. The van der Waals surface area contributed by atoms with Crippen LogP contribution in [0.4, 0.5) is 16.4 Å². The number of carbonyl (C=O) groups excluding carboxylic acids is 2. The molecule has 0 atom stereocenters. The molecule has 2 aromatic rings. The van der Waals surface area contributed by atoms with Crippen LogP contribution in [0, 0.1) is 6.92 Å². The molecule has 0 radical (unpaired) electrons. The first-order valence-electron chi connectivity index (χ1n) is 6.54. The van der Waals surface area contributed by atoms with E-state index in [-0.39, 0.29) is 16.5 Å². The van der Waals surface area contributed by atoms with Crippen molar-refractivity contribution in [1.29, 1.82) is 0 Å². The number of rotatable bonds is 4. The molecule has 4 N–H and O–H groups in total.